The van der Waals surface area contributed by atoms with Crippen molar-refractivity contribution in [3.05, 3.63) is 95.7 Å². The first kappa shape index (κ1) is 16.7. The summed E-state index contributed by atoms with van der Waals surface area (Å²) in [5.41, 5.74) is 8.66. The van der Waals surface area contributed by atoms with E-state index in [1.807, 2.05) is 36.4 Å². The molecule has 0 aliphatic rings. The Morgan fingerprint density at radius 2 is 1.52 bits per heavy atom. The number of carbonyl (C=O) groups excluding carboxylic acids is 1. The number of benzene rings is 2. The molecule has 0 bridgehead atoms. The van der Waals surface area contributed by atoms with Gasteiger partial charge in [-0.25, -0.2) is 4.98 Å². The van der Waals surface area contributed by atoms with Crippen molar-refractivity contribution in [2.75, 3.05) is 12.3 Å². The van der Waals surface area contributed by atoms with Crippen LogP contribution < -0.4 is 11.1 Å². The van der Waals surface area contributed by atoms with Crippen molar-refractivity contribution in [2.24, 2.45) is 0 Å². The lowest BCUT2D eigenvalue weighted by atomic mass is 9.88. The lowest BCUT2D eigenvalue weighted by Crippen LogP contribution is -2.26. The first-order valence-electron chi connectivity index (χ1n) is 8.34. The molecule has 0 radical (unpaired) electrons. The van der Waals surface area contributed by atoms with Gasteiger partial charge in [0.1, 0.15) is 5.82 Å². The molecule has 1 heterocycles. The maximum Gasteiger partial charge on any atom is 0.255 e. The maximum absolute atomic E-state index is 12.3. The first-order valence-corrected chi connectivity index (χ1v) is 8.34. The number of aromatic nitrogens is 1. The minimum Gasteiger partial charge on any atom is -0.383 e. The average molecular weight is 331 g/mol. The summed E-state index contributed by atoms with van der Waals surface area (Å²) in [6.45, 7) is 0.557. The summed E-state index contributed by atoms with van der Waals surface area (Å²) in [4.78, 5) is 16.2. The third-order valence-electron chi connectivity index (χ3n) is 4.21. The van der Waals surface area contributed by atoms with E-state index < -0.39 is 0 Å². The minimum absolute atomic E-state index is 0.189. The van der Waals surface area contributed by atoms with Crippen molar-refractivity contribution < 1.29 is 4.79 Å². The molecule has 4 nitrogen and oxygen atoms in total. The summed E-state index contributed by atoms with van der Waals surface area (Å²) >= 11 is 0. The van der Waals surface area contributed by atoms with Crippen LogP contribution in [-0.2, 0) is 0 Å². The molecule has 25 heavy (non-hydrogen) atoms. The van der Waals surface area contributed by atoms with Crippen LogP contribution in [0.1, 0.15) is 33.8 Å². The Hall–Kier alpha value is -3.14. The molecule has 1 aromatic heterocycles. The summed E-state index contributed by atoms with van der Waals surface area (Å²) in [6.07, 6.45) is 2.38. The van der Waals surface area contributed by atoms with E-state index in [1.54, 1.807) is 18.3 Å². The van der Waals surface area contributed by atoms with Crippen LogP contribution in [-0.4, -0.2) is 17.4 Å². The number of pyridine rings is 1. The quantitative estimate of drug-likeness (QED) is 0.725. The summed E-state index contributed by atoms with van der Waals surface area (Å²) in [5, 5.41) is 2.95. The number of amides is 1. The van der Waals surface area contributed by atoms with Gasteiger partial charge in [0.25, 0.3) is 5.91 Å². The van der Waals surface area contributed by atoms with Crippen molar-refractivity contribution >= 4 is 11.7 Å². The molecule has 4 heteroatoms. The van der Waals surface area contributed by atoms with Gasteiger partial charge in [0, 0.05) is 18.7 Å². The van der Waals surface area contributed by atoms with E-state index in [0.29, 0.717) is 12.1 Å². The van der Waals surface area contributed by atoms with E-state index in [0.717, 1.165) is 6.42 Å². The Labute approximate surface area is 147 Å². The Kier molecular flexibility index (Phi) is 5.42. The zero-order chi connectivity index (χ0) is 17.5. The van der Waals surface area contributed by atoms with Gasteiger partial charge in [-0.1, -0.05) is 60.7 Å². The van der Waals surface area contributed by atoms with Gasteiger partial charge in [0.15, 0.2) is 0 Å². The Balaban J connectivity index is 1.70. The summed E-state index contributed by atoms with van der Waals surface area (Å²) in [6, 6.07) is 24.1. The molecule has 3 rings (SSSR count). The molecule has 0 fully saturated rings. The molecule has 0 atom stereocenters. The van der Waals surface area contributed by atoms with Gasteiger partial charge >= 0.3 is 0 Å². The topological polar surface area (TPSA) is 68.0 Å². The van der Waals surface area contributed by atoms with Crippen LogP contribution in [0.5, 0.6) is 0 Å². The Bertz CT molecular complexity index is 779. The third kappa shape index (κ3) is 4.23. The fraction of sp³-hybridized carbons (Fsp3) is 0.143. The largest absolute Gasteiger partial charge is 0.383 e. The number of anilines is 1. The SMILES string of the molecule is Nc1ncccc1C(=O)NCCC(c1ccccc1)c1ccccc1. The minimum atomic E-state index is -0.189. The van der Waals surface area contributed by atoms with E-state index >= 15 is 0 Å². The number of hydrogen-bond donors (Lipinski definition) is 2. The molecule has 0 saturated heterocycles. The van der Waals surface area contributed by atoms with E-state index in [9.17, 15) is 4.79 Å². The molecule has 0 spiro atoms. The summed E-state index contributed by atoms with van der Waals surface area (Å²) in [7, 11) is 0. The van der Waals surface area contributed by atoms with Crippen molar-refractivity contribution in [2.45, 2.75) is 12.3 Å². The van der Waals surface area contributed by atoms with Crippen LogP contribution in [0.25, 0.3) is 0 Å². The van der Waals surface area contributed by atoms with Crippen LogP contribution >= 0.6 is 0 Å². The molecule has 0 aliphatic heterocycles. The highest BCUT2D eigenvalue weighted by atomic mass is 16.1. The second-order valence-electron chi connectivity index (χ2n) is 5.85. The number of nitrogens with one attached hydrogen (secondary N) is 1. The maximum atomic E-state index is 12.3. The van der Waals surface area contributed by atoms with E-state index in [2.05, 4.69) is 34.6 Å². The zero-order valence-electron chi connectivity index (χ0n) is 13.9. The second-order valence-corrected chi connectivity index (χ2v) is 5.85. The van der Waals surface area contributed by atoms with E-state index in [-0.39, 0.29) is 17.6 Å². The fourth-order valence-corrected chi connectivity index (χ4v) is 2.93. The molecule has 0 aliphatic carbocycles. The molecule has 126 valence electrons. The van der Waals surface area contributed by atoms with Gasteiger partial charge in [-0.2, -0.15) is 0 Å². The highest BCUT2D eigenvalue weighted by Gasteiger charge is 2.15. The predicted octanol–water partition coefficient (Wildman–Crippen LogP) is 3.62. The Morgan fingerprint density at radius 1 is 0.920 bits per heavy atom. The lowest BCUT2D eigenvalue weighted by molar-refractivity contribution is 0.0953. The molecule has 2 aromatic carbocycles. The molecule has 0 unspecified atom stereocenters. The number of hydrogen-bond acceptors (Lipinski definition) is 3. The van der Waals surface area contributed by atoms with Crippen LogP contribution in [0.3, 0.4) is 0 Å². The summed E-state index contributed by atoms with van der Waals surface area (Å²) < 4.78 is 0. The average Bonchev–Trinajstić information content (AvgIpc) is 2.67. The standard InChI is InChI=1S/C21H21N3O/c22-20-19(12-7-14-23-20)21(25)24-15-13-18(16-8-3-1-4-9-16)17-10-5-2-6-11-17/h1-12,14,18H,13,15H2,(H2,22,23)(H,24,25). The van der Waals surface area contributed by atoms with Crippen LogP contribution in [0.4, 0.5) is 5.82 Å². The number of nitrogens with zero attached hydrogens (tertiary/aromatic N) is 1. The normalized spacial score (nSPS) is 10.6. The molecule has 0 saturated carbocycles. The van der Waals surface area contributed by atoms with Crippen molar-refractivity contribution in [3.8, 4) is 0 Å². The number of nitrogen functional groups attached to an aromatic ring is 1. The monoisotopic (exact) mass is 331 g/mol. The molecular weight excluding hydrogens is 310 g/mol. The molecule has 1 amide bonds. The van der Waals surface area contributed by atoms with Crippen molar-refractivity contribution in [1.29, 1.82) is 0 Å². The van der Waals surface area contributed by atoms with Gasteiger partial charge in [0.05, 0.1) is 5.56 Å². The molecule has 3 aromatic rings. The van der Waals surface area contributed by atoms with Crippen molar-refractivity contribution in [3.63, 3.8) is 0 Å². The fourth-order valence-electron chi connectivity index (χ4n) is 2.93. The van der Waals surface area contributed by atoms with Gasteiger partial charge in [-0.3, -0.25) is 4.79 Å². The van der Waals surface area contributed by atoms with Crippen molar-refractivity contribution in [1.82, 2.24) is 10.3 Å². The second kappa shape index (κ2) is 8.11. The van der Waals surface area contributed by atoms with E-state index in [1.165, 1.54) is 11.1 Å². The lowest BCUT2D eigenvalue weighted by Gasteiger charge is -2.18. The first-order chi connectivity index (χ1) is 12.3. The Morgan fingerprint density at radius 3 is 2.08 bits per heavy atom. The van der Waals surface area contributed by atoms with Crippen LogP contribution in [0.15, 0.2) is 79.0 Å². The van der Waals surface area contributed by atoms with Crippen LogP contribution in [0, 0.1) is 0 Å². The van der Waals surface area contributed by atoms with Crippen LogP contribution in [0.2, 0.25) is 0 Å². The number of nitrogens with two attached hydrogens (primary N) is 1. The van der Waals surface area contributed by atoms with Gasteiger partial charge in [-0.15, -0.1) is 0 Å². The highest BCUT2D eigenvalue weighted by Crippen LogP contribution is 2.27. The predicted molar refractivity (Wildman–Crippen MR) is 100 cm³/mol. The van der Waals surface area contributed by atoms with Gasteiger partial charge in [0.2, 0.25) is 0 Å². The highest BCUT2D eigenvalue weighted by molar-refractivity contribution is 5.98. The number of rotatable bonds is 6. The molecular formula is C21H21N3O. The zero-order valence-corrected chi connectivity index (χ0v) is 13.9. The summed E-state index contributed by atoms with van der Waals surface area (Å²) in [5.74, 6) is 0.294. The third-order valence-corrected chi connectivity index (χ3v) is 4.21. The molecule has 3 N–H and O–H groups in total. The van der Waals surface area contributed by atoms with Gasteiger partial charge < -0.3 is 11.1 Å². The smallest absolute Gasteiger partial charge is 0.255 e. The van der Waals surface area contributed by atoms with Gasteiger partial charge in [-0.05, 0) is 29.7 Å². The number of carbonyl (C=O) groups is 1. The van der Waals surface area contributed by atoms with E-state index in [4.69, 9.17) is 5.73 Å².